The predicted octanol–water partition coefficient (Wildman–Crippen LogP) is 1.01. The van der Waals surface area contributed by atoms with Gasteiger partial charge in [0, 0.05) is 6.42 Å². The first kappa shape index (κ1) is 4.30. The van der Waals surface area contributed by atoms with Crippen LogP contribution < -0.4 is 0 Å². The molecule has 0 saturated heterocycles. The lowest BCUT2D eigenvalue weighted by Gasteiger charge is -1.94. The van der Waals surface area contributed by atoms with Gasteiger partial charge in [0.25, 0.3) is 0 Å². The van der Waals surface area contributed by atoms with Crippen LogP contribution in [0.5, 0.6) is 0 Å². The van der Waals surface area contributed by atoms with Gasteiger partial charge in [-0.15, -0.1) is 4.91 Å². The van der Waals surface area contributed by atoms with E-state index in [-0.39, 0.29) is 0 Å². The van der Waals surface area contributed by atoms with Crippen molar-refractivity contribution < 1.29 is 4.74 Å². The summed E-state index contributed by atoms with van der Waals surface area (Å²) in [5, 5.41) is 2.65. The van der Waals surface area contributed by atoms with Crippen molar-refractivity contribution in [1.82, 2.24) is 0 Å². The summed E-state index contributed by atoms with van der Waals surface area (Å²) in [5.41, 5.74) is 0. The van der Waals surface area contributed by atoms with E-state index in [0.717, 1.165) is 0 Å². The second-order valence-electron chi connectivity index (χ2n) is 1.30. The number of nitrogens with zero attached hydrogens (tertiary/aromatic N) is 1. The van der Waals surface area contributed by atoms with Gasteiger partial charge in [-0.25, -0.2) is 0 Å². The minimum atomic E-state index is -0.444. The van der Waals surface area contributed by atoms with Crippen LogP contribution in [-0.4, -0.2) is 6.23 Å². The number of hydrogen-bond acceptors (Lipinski definition) is 3. The summed E-state index contributed by atoms with van der Waals surface area (Å²) in [6.45, 7) is 0. The molecule has 3 nitrogen and oxygen atoms in total. The van der Waals surface area contributed by atoms with Gasteiger partial charge in [0.1, 0.15) is 0 Å². The average molecular weight is 99.1 g/mol. The van der Waals surface area contributed by atoms with Crippen molar-refractivity contribution in [2.75, 3.05) is 0 Å². The lowest BCUT2D eigenvalue weighted by molar-refractivity contribution is 0.178. The monoisotopic (exact) mass is 99.0 g/mol. The van der Waals surface area contributed by atoms with E-state index in [1.165, 1.54) is 6.26 Å². The van der Waals surface area contributed by atoms with E-state index in [4.69, 9.17) is 0 Å². The topological polar surface area (TPSA) is 38.7 Å². The second-order valence-corrected chi connectivity index (χ2v) is 1.30. The fourth-order valence-corrected chi connectivity index (χ4v) is 0.442. The Morgan fingerprint density at radius 1 is 1.86 bits per heavy atom. The van der Waals surface area contributed by atoms with Gasteiger partial charge < -0.3 is 4.74 Å². The zero-order valence-electron chi connectivity index (χ0n) is 3.70. The summed E-state index contributed by atoms with van der Waals surface area (Å²) in [6, 6.07) is 0. The van der Waals surface area contributed by atoms with E-state index in [9.17, 15) is 4.91 Å². The average Bonchev–Trinajstić information content (AvgIpc) is 2.14. The Morgan fingerprint density at radius 2 is 2.71 bits per heavy atom. The molecule has 0 bridgehead atoms. The summed E-state index contributed by atoms with van der Waals surface area (Å²) < 4.78 is 4.64. The molecule has 0 fully saturated rings. The quantitative estimate of drug-likeness (QED) is 0.460. The van der Waals surface area contributed by atoms with Crippen LogP contribution in [0.15, 0.2) is 17.5 Å². The minimum Gasteiger partial charge on any atom is -0.473 e. The highest BCUT2D eigenvalue weighted by molar-refractivity contribution is 4.84. The third kappa shape index (κ3) is 0.765. The predicted molar refractivity (Wildman–Crippen MR) is 24.4 cm³/mol. The standard InChI is InChI=1S/C4H5NO2/c6-5-4-2-1-3-7-4/h1,3-4H,2H2. The van der Waals surface area contributed by atoms with Crippen molar-refractivity contribution in [1.29, 1.82) is 0 Å². The molecule has 0 aromatic carbocycles. The van der Waals surface area contributed by atoms with E-state index in [1.807, 2.05) is 0 Å². The molecule has 0 saturated carbocycles. The van der Waals surface area contributed by atoms with E-state index >= 15 is 0 Å². The molecule has 3 heteroatoms. The molecule has 0 N–H and O–H groups in total. The van der Waals surface area contributed by atoms with E-state index in [1.54, 1.807) is 6.08 Å². The van der Waals surface area contributed by atoms with Gasteiger partial charge in [-0.2, -0.15) is 0 Å². The smallest absolute Gasteiger partial charge is 0.232 e. The van der Waals surface area contributed by atoms with Crippen LogP contribution in [0.2, 0.25) is 0 Å². The molecule has 0 amide bonds. The number of nitroso groups, excluding NO2 is 1. The van der Waals surface area contributed by atoms with Gasteiger partial charge in [0.05, 0.1) is 6.26 Å². The van der Waals surface area contributed by atoms with Crippen molar-refractivity contribution in [2.24, 2.45) is 5.18 Å². The first-order valence-electron chi connectivity index (χ1n) is 2.06. The molecule has 7 heavy (non-hydrogen) atoms. The molecule has 38 valence electrons. The lowest BCUT2D eigenvalue weighted by atomic mass is 10.4. The molecule has 1 rings (SSSR count). The van der Waals surface area contributed by atoms with Crippen molar-refractivity contribution in [3.05, 3.63) is 17.2 Å². The van der Waals surface area contributed by atoms with E-state index < -0.39 is 6.23 Å². The number of hydrogen-bond donors (Lipinski definition) is 0. The summed E-state index contributed by atoms with van der Waals surface area (Å²) >= 11 is 0. The highest BCUT2D eigenvalue weighted by Gasteiger charge is 2.08. The third-order valence-electron chi connectivity index (χ3n) is 0.787. The van der Waals surface area contributed by atoms with Crippen LogP contribution >= 0.6 is 0 Å². The third-order valence-corrected chi connectivity index (χ3v) is 0.787. The van der Waals surface area contributed by atoms with Gasteiger partial charge in [-0.3, -0.25) is 0 Å². The summed E-state index contributed by atoms with van der Waals surface area (Å²) in [6.07, 6.45) is 3.45. The van der Waals surface area contributed by atoms with Gasteiger partial charge in [-0.1, -0.05) is 0 Å². The molecule has 1 aliphatic rings. The van der Waals surface area contributed by atoms with Crippen LogP contribution in [0.25, 0.3) is 0 Å². The Balaban J connectivity index is 2.35. The highest BCUT2D eigenvalue weighted by atomic mass is 16.5. The molecule has 1 unspecified atom stereocenters. The zero-order chi connectivity index (χ0) is 5.11. The highest BCUT2D eigenvalue weighted by Crippen LogP contribution is 2.07. The Bertz CT molecular complexity index is 91.9. The Labute approximate surface area is 40.9 Å². The maximum atomic E-state index is 9.59. The number of rotatable bonds is 1. The SMILES string of the molecule is O=NC1CC=CO1. The van der Waals surface area contributed by atoms with Crippen LogP contribution in [-0.2, 0) is 4.74 Å². The summed E-state index contributed by atoms with van der Waals surface area (Å²) in [4.78, 5) is 9.59. The van der Waals surface area contributed by atoms with Gasteiger partial charge >= 0.3 is 0 Å². The Morgan fingerprint density at radius 3 is 3.00 bits per heavy atom. The van der Waals surface area contributed by atoms with Crippen LogP contribution in [0.3, 0.4) is 0 Å². The fraction of sp³-hybridized carbons (Fsp3) is 0.500. The lowest BCUT2D eigenvalue weighted by Crippen LogP contribution is -1.96. The van der Waals surface area contributed by atoms with Gasteiger partial charge in [-0.05, 0) is 11.3 Å². The molecule has 0 aromatic heterocycles. The Kier molecular flexibility index (Phi) is 1.06. The van der Waals surface area contributed by atoms with Crippen molar-refractivity contribution in [3.8, 4) is 0 Å². The van der Waals surface area contributed by atoms with E-state index in [2.05, 4.69) is 9.91 Å². The first-order valence-corrected chi connectivity index (χ1v) is 2.06. The molecule has 0 spiro atoms. The van der Waals surface area contributed by atoms with Crippen molar-refractivity contribution in [3.63, 3.8) is 0 Å². The van der Waals surface area contributed by atoms with Crippen LogP contribution in [0.4, 0.5) is 0 Å². The molecule has 1 heterocycles. The molecule has 0 aliphatic carbocycles. The van der Waals surface area contributed by atoms with Crippen molar-refractivity contribution in [2.45, 2.75) is 12.6 Å². The maximum Gasteiger partial charge on any atom is 0.232 e. The largest absolute Gasteiger partial charge is 0.473 e. The normalized spacial score (nSPS) is 27.1. The zero-order valence-corrected chi connectivity index (χ0v) is 3.70. The van der Waals surface area contributed by atoms with Gasteiger partial charge in [0.15, 0.2) is 0 Å². The molecule has 1 aliphatic heterocycles. The molecule has 0 radical (unpaired) electrons. The summed E-state index contributed by atoms with van der Waals surface area (Å²) in [7, 11) is 0. The van der Waals surface area contributed by atoms with Gasteiger partial charge in [0.2, 0.25) is 6.23 Å². The second kappa shape index (κ2) is 1.73. The summed E-state index contributed by atoms with van der Waals surface area (Å²) in [5.74, 6) is 0. The Hall–Kier alpha value is -0.860. The molecule has 0 aromatic rings. The molecule has 1 atom stereocenters. The van der Waals surface area contributed by atoms with E-state index in [0.29, 0.717) is 6.42 Å². The van der Waals surface area contributed by atoms with Crippen LogP contribution in [0, 0.1) is 4.91 Å². The number of ether oxygens (including phenoxy) is 1. The minimum absolute atomic E-state index is 0.444. The maximum absolute atomic E-state index is 9.59. The first-order chi connectivity index (χ1) is 3.43. The molecular weight excluding hydrogens is 94.0 g/mol. The van der Waals surface area contributed by atoms with Crippen molar-refractivity contribution >= 4 is 0 Å². The van der Waals surface area contributed by atoms with Crippen LogP contribution in [0.1, 0.15) is 6.42 Å². The fourth-order valence-electron chi connectivity index (χ4n) is 0.442. The molecular formula is C4H5NO2.